The summed E-state index contributed by atoms with van der Waals surface area (Å²) in [6.07, 6.45) is 7.28. The molecule has 2 aliphatic rings. The average molecular weight is 284 g/mol. The molecule has 1 amide bonds. The van der Waals surface area contributed by atoms with Crippen LogP contribution in [0.4, 0.5) is 0 Å². The van der Waals surface area contributed by atoms with Gasteiger partial charge in [0, 0.05) is 37.4 Å². The molecule has 4 heterocycles. The van der Waals surface area contributed by atoms with Crippen LogP contribution in [0, 0.1) is 5.41 Å². The van der Waals surface area contributed by atoms with Crippen LogP contribution in [0.5, 0.6) is 0 Å². The highest BCUT2D eigenvalue weighted by molar-refractivity contribution is 5.93. The number of carbonyl (C=O) groups is 1. The van der Waals surface area contributed by atoms with Crippen LogP contribution in [-0.4, -0.2) is 46.4 Å². The lowest BCUT2D eigenvalue weighted by molar-refractivity contribution is 0.0548. The third-order valence-corrected chi connectivity index (χ3v) is 4.86. The van der Waals surface area contributed by atoms with Gasteiger partial charge in [0.05, 0.1) is 0 Å². The summed E-state index contributed by atoms with van der Waals surface area (Å²) in [6.45, 7) is 3.85. The van der Waals surface area contributed by atoms with Gasteiger partial charge in [0.25, 0.3) is 5.91 Å². The molecule has 2 aromatic rings. The van der Waals surface area contributed by atoms with Gasteiger partial charge in [-0.2, -0.15) is 0 Å². The molecule has 110 valence electrons. The van der Waals surface area contributed by atoms with Gasteiger partial charge < -0.3 is 14.6 Å². The van der Waals surface area contributed by atoms with Crippen molar-refractivity contribution in [2.24, 2.45) is 5.41 Å². The van der Waals surface area contributed by atoms with Crippen molar-refractivity contribution in [2.45, 2.75) is 19.3 Å². The number of hydrogen-bond acceptors (Lipinski definition) is 3. The van der Waals surface area contributed by atoms with Gasteiger partial charge in [-0.15, -0.1) is 0 Å². The highest BCUT2D eigenvalue weighted by Crippen LogP contribution is 2.35. The number of imidazole rings is 1. The number of aromatic nitrogens is 2. The van der Waals surface area contributed by atoms with E-state index in [0.717, 1.165) is 38.2 Å². The summed E-state index contributed by atoms with van der Waals surface area (Å²) in [5.74, 6) is 0.0738. The van der Waals surface area contributed by atoms with E-state index in [1.165, 1.54) is 12.8 Å². The van der Waals surface area contributed by atoms with Gasteiger partial charge in [0.15, 0.2) is 0 Å². The van der Waals surface area contributed by atoms with Crippen LogP contribution in [0.2, 0.25) is 0 Å². The predicted octanol–water partition coefficient (Wildman–Crippen LogP) is 1.55. The van der Waals surface area contributed by atoms with E-state index in [2.05, 4.69) is 10.3 Å². The number of rotatable bonds is 1. The first-order chi connectivity index (χ1) is 10.3. The van der Waals surface area contributed by atoms with Gasteiger partial charge in [-0.25, -0.2) is 4.98 Å². The van der Waals surface area contributed by atoms with Crippen molar-refractivity contribution in [1.29, 1.82) is 0 Å². The maximum atomic E-state index is 12.7. The molecule has 1 N–H and O–H groups in total. The quantitative estimate of drug-likeness (QED) is 0.864. The molecule has 5 nitrogen and oxygen atoms in total. The first kappa shape index (κ1) is 12.8. The Bertz CT molecular complexity index is 639. The largest absolute Gasteiger partial charge is 0.337 e. The Labute approximate surface area is 124 Å². The molecule has 2 saturated heterocycles. The fourth-order valence-corrected chi connectivity index (χ4v) is 3.72. The average Bonchev–Trinajstić information content (AvgIpc) is 3.13. The van der Waals surface area contributed by atoms with Gasteiger partial charge in [-0.1, -0.05) is 6.07 Å². The van der Waals surface area contributed by atoms with Gasteiger partial charge in [0.2, 0.25) is 0 Å². The number of nitrogens with one attached hydrogen (secondary N) is 1. The number of amides is 1. The van der Waals surface area contributed by atoms with E-state index >= 15 is 0 Å². The molecule has 5 heteroatoms. The molecule has 0 aliphatic carbocycles. The van der Waals surface area contributed by atoms with Crippen molar-refractivity contribution in [2.75, 3.05) is 26.2 Å². The van der Waals surface area contributed by atoms with Crippen molar-refractivity contribution >= 4 is 11.6 Å². The van der Waals surface area contributed by atoms with Crippen molar-refractivity contribution in [3.63, 3.8) is 0 Å². The van der Waals surface area contributed by atoms with Gasteiger partial charge >= 0.3 is 0 Å². The lowest BCUT2D eigenvalue weighted by Gasteiger charge is -2.39. The van der Waals surface area contributed by atoms with E-state index in [1.54, 1.807) is 0 Å². The summed E-state index contributed by atoms with van der Waals surface area (Å²) in [6, 6.07) is 5.81. The Balaban J connectivity index is 1.58. The summed E-state index contributed by atoms with van der Waals surface area (Å²) in [4.78, 5) is 19.2. The molecule has 2 aromatic heterocycles. The van der Waals surface area contributed by atoms with Crippen LogP contribution in [0.15, 0.2) is 30.6 Å². The minimum absolute atomic E-state index is 0.0738. The highest BCUT2D eigenvalue weighted by Gasteiger charge is 2.39. The minimum atomic E-state index is 0.0738. The molecule has 0 saturated carbocycles. The number of likely N-dealkylation sites (tertiary alicyclic amines) is 1. The van der Waals surface area contributed by atoms with Crippen molar-refractivity contribution in [3.05, 3.63) is 36.3 Å². The first-order valence-electron chi connectivity index (χ1n) is 7.70. The molecule has 2 aliphatic heterocycles. The minimum Gasteiger partial charge on any atom is -0.337 e. The summed E-state index contributed by atoms with van der Waals surface area (Å²) < 4.78 is 1.91. The van der Waals surface area contributed by atoms with E-state index in [0.29, 0.717) is 11.1 Å². The van der Waals surface area contributed by atoms with E-state index in [4.69, 9.17) is 0 Å². The SMILES string of the molecule is O=C(c1cn2ccccc2n1)N1CCCC2(CCNC2)C1. The second-order valence-corrected chi connectivity index (χ2v) is 6.35. The lowest BCUT2D eigenvalue weighted by Crippen LogP contribution is -2.47. The Morgan fingerprint density at radius 2 is 2.29 bits per heavy atom. The molecule has 2 fully saturated rings. The zero-order chi connectivity index (χ0) is 14.3. The second-order valence-electron chi connectivity index (χ2n) is 6.35. The van der Waals surface area contributed by atoms with Crippen molar-refractivity contribution in [3.8, 4) is 0 Å². The maximum Gasteiger partial charge on any atom is 0.274 e. The standard InChI is InChI=1S/C16H20N4O/c21-15(13-10-19-8-2-1-4-14(19)18-13)20-9-3-5-16(12-20)6-7-17-11-16/h1-2,4,8,10,17H,3,5-7,9,11-12H2. The number of piperidine rings is 1. The molecule has 0 bridgehead atoms. The predicted molar refractivity (Wildman–Crippen MR) is 80.2 cm³/mol. The summed E-state index contributed by atoms with van der Waals surface area (Å²) in [7, 11) is 0. The van der Waals surface area contributed by atoms with Gasteiger partial charge in [0.1, 0.15) is 11.3 Å². The molecule has 1 spiro atoms. The van der Waals surface area contributed by atoms with Crippen LogP contribution in [0.1, 0.15) is 29.8 Å². The fraction of sp³-hybridized carbons (Fsp3) is 0.500. The monoisotopic (exact) mass is 284 g/mol. The Hall–Kier alpha value is -1.88. The smallest absolute Gasteiger partial charge is 0.274 e. The number of nitrogens with zero attached hydrogens (tertiary/aromatic N) is 3. The molecular weight excluding hydrogens is 264 g/mol. The maximum absolute atomic E-state index is 12.7. The lowest BCUT2D eigenvalue weighted by atomic mass is 9.79. The number of fused-ring (bicyclic) bond motifs is 1. The van der Waals surface area contributed by atoms with E-state index < -0.39 is 0 Å². The second kappa shape index (κ2) is 4.84. The fourth-order valence-electron chi connectivity index (χ4n) is 3.72. The topological polar surface area (TPSA) is 49.6 Å². The van der Waals surface area contributed by atoms with Crippen LogP contribution >= 0.6 is 0 Å². The van der Waals surface area contributed by atoms with E-state index in [-0.39, 0.29) is 5.91 Å². The van der Waals surface area contributed by atoms with Gasteiger partial charge in [-0.05, 0) is 37.9 Å². The van der Waals surface area contributed by atoms with Crippen LogP contribution in [-0.2, 0) is 0 Å². The Morgan fingerprint density at radius 1 is 1.33 bits per heavy atom. The Morgan fingerprint density at radius 3 is 3.10 bits per heavy atom. The number of carbonyl (C=O) groups excluding carboxylic acids is 1. The zero-order valence-electron chi connectivity index (χ0n) is 12.1. The molecule has 1 unspecified atom stereocenters. The summed E-state index contributed by atoms with van der Waals surface area (Å²) in [5, 5.41) is 3.45. The van der Waals surface area contributed by atoms with E-state index in [1.807, 2.05) is 39.9 Å². The summed E-state index contributed by atoms with van der Waals surface area (Å²) in [5.41, 5.74) is 1.69. The normalized spacial score (nSPS) is 25.8. The third kappa shape index (κ3) is 2.21. The molecule has 0 radical (unpaired) electrons. The molecule has 21 heavy (non-hydrogen) atoms. The van der Waals surface area contributed by atoms with Crippen LogP contribution < -0.4 is 5.32 Å². The van der Waals surface area contributed by atoms with Gasteiger partial charge in [-0.3, -0.25) is 4.79 Å². The van der Waals surface area contributed by atoms with Crippen LogP contribution in [0.25, 0.3) is 5.65 Å². The molecule has 1 atom stereocenters. The number of pyridine rings is 1. The van der Waals surface area contributed by atoms with Crippen molar-refractivity contribution < 1.29 is 4.79 Å². The van der Waals surface area contributed by atoms with E-state index in [9.17, 15) is 4.79 Å². The summed E-state index contributed by atoms with van der Waals surface area (Å²) >= 11 is 0. The number of hydrogen-bond donors (Lipinski definition) is 1. The zero-order valence-corrected chi connectivity index (χ0v) is 12.1. The third-order valence-electron chi connectivity index (χ3n) is 4.86. The van der Waals surface area contributed by atoms with Crippen LogP contribution in [0.3, 0.4) is 0 Å². The first-order valence-corrected chi connectivity index (χ1v) is 7.70. The molecule has 4 rings (SSSR count). The van der Waals surface area contributed by atoms with Crippen molar-refractivity contribution in [1.82, 2.24) is 19.6 Å². The highest BCUT2D eigenvalue weighted by atomic mass is 16.2. The molecular formula is C16H20N4O. The molecule has 0 aromatic carbocycles. The Kier molecular flexibility index (Phi) is 2.96.